The molecule has 166 valence electrons. The number of benzene rings is 2. The van der Waals surface area contributed by atoms with Crippen LogP contribution in [0.15, 0.2) is 97.5 Å². The van der Waals surface area contributed by atoms with E-state index in [-0.39, 0.29) is 13.2 Å². The molecule has 0 saturated heterocycles. The van der Waals surface area contributed by atoms with Gasteiger partial charge in [0.15, 0.2) is 0 Å². The number of hydrogen-bond donors (Lipinski definition) is 0. The van der Waals surface area contributed by atoms with E-state index < -0.39 is 11.9 Å². The van der Waals surface area contributed by atoms with Crippen molar-refractivity contribution in [2.24, 2.45) is 0 Å². The highest BCUT2D eigenvalue weighted by atomic mass is 16.5. The summed E-state index contributed by atoms with van der Waals surface area (Å²) in [4.78, 5) is 22.5. The smallest absolute Gasteiger partial charge is 0.333 e. The monoisotopic (exact) mass is 434 g/mol. The maximum absolute atomic E-state index is 11.3. The Bertz CT molecular complexity index is 914. The summed E-state index contributed by atoms with van der Waals surface area (Å²) in [6.07, 6.45) is 6.15. The van der Waals surface area contributed by atoms with Crippen LogP contribution in [0.4, 0.5) is 0 Å². The summed E-state index contributed by atoms with van der Waals surface area (Å²) < 4.78 is 20.9. The van der Waals surface area contributed by atoms with Gasteiger partial charge in [0.2, 0.25) is 0 Å². The van der Waals surface area contributed by atoms with Crippen LogP contribution < -0.4 is 9.47 Å². The van der Waals surface area contributed by atoms with Crippen LogP contribution in [0.5, 0.6) is 11.5 Å². The lowest BCUT2D eigenvalue weighted by molar-refractivity contribution is -0.138. The molecule has 0 atom stereocenters. The molecule has 0 aromatic heterocycles. The molecular weight excluding hydrogens is 408 g/mol. The van der Waals surface area contributed by atoms with Gasteiger partial charge >= 0.3 is 11.9 Å². The second-order valence-corrected chi connectivity index (χ2v) is 6.79. The van der Waals surface area contributed by atoms with Crippen LogP contribution in [0.25, 0.3) is 11.1 Å². The Balaban J connectivity index is 1.80. The molecule has 0 radical (unpaired) electrons. The number of rotatable bonds is 11. The minimum Gasteiger partial charge on any atom is -0.465 e. The lowest BCUT2D eigenvalue weighted by atomic mass is 10.1. The second-order valence-electron chi connectivity index (χ2n) is 6.79. The van der Waals surface area contributed by atoms with Gasteiger partial charge in [0.05, 0.1) is 12.5 Å². The molecule has 32 heavy (non-hydrogen) atoms. The molecule has 0 heterocycles. The molecule has 6 heteroatoms. The molecule has 2 aromatic rings. The predicted octanol–water partition coefficient (Wildman–Crippen LogP) is 5.38. The highest BCUT2D eigenvalue weighted by molar-refractivity contribution is 5.87. The van der Waals surface area contributed by atoms with Crippen LogP contribution in [-0.2, 0) is 19.1 Å². The summed E-state index contributed by atoms with van der Waals surface area (Å²) in [6, 6.07) is 15.1. The molecule has 6 nitrogen and oxygen atoms in total. The van der Waals surface area contributed by atoms with E-state index in [1.807, 2.05) is 48.5 Å². The molecular formula is C26H26O6. The van der Waals surface area contributed by atoms with Crippen LogP contribution in [0.3, 0.4) is 0 Å². The third-order valence-electron chi connectivity index (χ3n) is 3.96. The number of hydrogen-bond acceptors (Lipinski definition) is 6. The van der Waals surface area contributed by atoms with E-state index in [2.05, 4.69) is 13.2 Å². The first-order valence-electron chi connectivity index (χ1n) is 9.86. The maximum Gasteiger partial charge on any atom is 0.333 e. The van der Waals surface area contributed by atoms with Crippen LogP contribution in [0.1, 0.15) is 13.8 Å². The van der Waals surface area contributed by atoms with Crippen molar-refractivity contribution in [3.63, 3.8) is 0 Å². The Hall–Kier alpha value is -4.06. The molecule has 0 unspecified atom stereocenters. The summed E-state index contributed by atoms with van der Waals surface area (Å²) >= 11 is 0. The number of carbonyl (C=O) groups excluding carboxylic acids is 2. The van der Waals surface area contributed by atoms with Crippen molar-refractivity contribution in [1.29, 1.82) is 0 Å². The molecule has 2 rings (SSSR count). The summed E-state index contributed by atoms with van der Waals surface area (Å²) in [5.41, 5.74) is 2.75. The van der Waals surface area contributed by atoms with Crippen molar-refractivity contribution in [2.75, 3.05) is 13.2 Å². The van der Waals surface area contributed by atoms with Crippen LogP contribution in [0.2, 0.25) is 0 Å². The normalized spacial score (nSPS) is 10.7. The first-order chi connectivity index (χ1) is 15.4. The third-order valence-corrected chi connectivity index (χ3v) is 3.96. The SMILES string of the molecule is C=C(C)C(=O)OC/C=C/Oc1ccc(-c2ccc(O/C=C/COC(=O)C(=C)C)cc2)cc1. The van der Waals surface area contributed by atoms with E-state index >= 15 is 0 Å². The van der Waals surface area contributed by atoms with Gasteiger partial charge in [0.25, 0.3) is 0 Å². The van der Waals surface area contributed by atoms with Gasteiger partial charge < -0.3 is 18.9 Å². The molecule has 2 aromatic carbocycles. The van der Waals surface area contributed by atoms with Gasteiger partial charge in [0.1, 0.15) is 24.7 Å². The van der Waals surface area contributed by atoms with Gasteiger partial charge in [-0.2, -0.15) is 0 Å². The van der Waals surface area contributed by atoms with Gasteiger partial charge in [-0.3, -0.25) is 0 Å². The molecule has 0 aliphatic heterocycles. The summed E-state index contributed by atoms with van der Waals surface area (Å²) in [5.74, 6) is 0.452. The van der Waals surface area contributed by atoms with Crippen LogP contribution in [0, 0.1) is 0 Å². The third kappa shape index (κ3) is 8.36. The van der Waals surface area contributed by atoms with E-state index in [0.717, 1.165) is 11.1 Å². The lowest BCUT2D eigenvalue weighted by Crippen LogP contribution is -2.04. The largest absolute Gasteiger partial charge is 0.465 e. The van der Waals surface area contributed by atoms with Crippen molar-refractivity contribution >= 4 is 11.9 Å². The Morgan fingerprint density at radius 1 is 0.688 bits per heavy atom. The molecule has 0 bridgehead atoms. The number of esters is 2. The minimum atomic E-state index is -0.435. The van der Waals surface area contributed by atoms with Crippen molar-refractivity contribution in [3.05, 3.63) is 97.5 Å². The zero-order valence-corrected chi connectivity index (χ0v) is 18.2. The average molecular weight is 434 g/mol. The van der Waals surface area contributed by atoms with Crippen molar-refractivity contribution in [2.45, 2.75) is 13.8 Å². The van der Waals surface area contributed by atoms with Gasteiger partial charge in [-0.1, -0.05) is 37.4 Å². The van der Waals surface area contributed by atoms with E-state index in [0.29, 0.717) is 22.6 Å². The molecule has 0 saturated carbocycles. The van der Waals surface area contributed by atoms with Crippen LogP contribution >= 0.6 is 0 Å². The molecule has 0 amide bonds. The molecule has 0 fully saturated rings. The summed E-state index contributed by atoms with van der Waals surface area (Å²) in [5, 5.41) is 0. The predicted molar refractivity (Wildman–Crippen MR) is 123 cm³/mol. The number of ether oxygens (including phenoxy) is 4. The molecule has 0 N–H and O–H groups in total. The van der Waals surface area contributed by atoms with Crippen molar-refractivity contribution in [3.8, 4) is 22.6 Å². The first-order valence-corrected chi connectivity index (χ1v) is 9.86. The maximum atomic E-state index is 11.3. The zero-order valence-electron chi connectivity index (χ0n) is 18.2. The summed E-state index contributed by atoms with van der Waals surface area (Å²) in [7, 11) is 0. The van der Waals surface area contributed by atoms with Crippen LogP contribution in [-0.4, -0.2) is 25.2 Å². The highest BCUT2D eigenvalue weighted by Crippen LogP contribution is 2.24. The minimum absolute atomic E-state index is 0.118. The first kappa shape index (κ1) is 24.2. The fourth-order valence-electron chi connectivity index (χ4n) is 2.28. The number of carbonyl (C=O) groups is 2. The molecule has 0 spiro atoms. The molecule has 0 aliphatic rings. The average Bonchev–Trinajstić information content (AvgIpc) is 2.79. The zero-order chi connectivity index (χ0) is 23.3. The van der Waals surface area contributed by atoms with Gasteiger partial charge in [-0.15, -0.1) is 0 Å². The molecule has 0 aliphatic carbocycles. The van der Waals surface area contributed by atoms with Crippen molar-refractivity contribution < 1.29 is 28.5 Å². The topological polar surface area (TPSA) is 71.1 Å². The quantitative estimate of drug-likeness (QED) is 0.269. The van der Waals surface area contributed by atoms with E-state index in [9.17, 15) is 9.59 Å². The van der Waals surface area contributed by atoms with E-state index in [4.69, 9.17) is 18.9 Å². The Morgan fingerprint density at radius 2 is 1.03 bits per heavy atom. The fraction of sp³-hybridized carbons (Fsp3) is 0.154. The fourth-order valence-corrected chi connectivity index (χ4v) is 2.28. The van der Waals surface area contributed by atoms with Crippen molar-refractivity contribution in [1.82, 2.24) is 0 Å². The Labute approximate surface area is 188 Å². The lowest BCUT2D eigenvalue weighted by Gasteiger charge is -2.06. The second kappa shape index (κ2) is 12.6. The Morgan fingerprint density at radius 3 is 1.34 bits per heavy atom. The van der Waals surface area contributed by atoms with E-state index in [1.54, 1.807) is 26.0 Å². The highest BCUT2D eigenvalue weighted by Gasteiger charge is 2.02. The van der Waals surface area contributed by atoms with E-state index in [1.165, 1.54) is 12.5 Å². The van der Waals surface area contributed by atoms with Gasteiger partial charge in [-0.25, -0.2) is 9.59 Å². The summed E-state index contributed by atoms with van der Waals surface area (Å²) in [6.45, 7) is 10.4. The van der Waals surface area contributed by atoms with Gasteiger partial charge in [0, 0.05) is 11.1 Å². The Kier molecular flexibility index (Phi) is 9.53. The standard InChI is InChI=1S/C26H26O6/c1-19(2)25(27)31-17-5-15-29-23-11-7-21(8-12-23)22-9-13-24(14-10-22)30-16-6-18-32-26(28)20(3)4/h5-16H,1,3,17-18H2,2,4H3/b15-5+,16-6+. The van der Waals surface area contributed by atoms with Gasteiger partial charge in [-0.05, 0) is 61.4 Å².